The number of unbranched alkanes of at least 4 members (excludes halogenated alkanes) is 1. The number of phenolic OH excluding ortho intramolecular Hbond substituents is 1. The molecule has 1 heterocycles. The average Bonchev–Trinajstić information content (AvgIpc) is 3.04. The molecule has 28 heavy (non-hydrogen) atoms. The maximum absolute atomic E-state index is 10.5. The summed E-state index contributed by atoms with van der Waals surface area (Å²) in [5.41, 5.74) is 3.21. The molecule has 3 nitrogen and oxygen atoms in total. The van der Waals surface area contributed by atoms with E-state index in [1.165, 1.54) is 21.6 Å². The molecule has 0 saturated heterocycles. The number of hydrogen-bond donors (Lipinski definition) is 1. The molecule has 0 aliphatic heterocycles. The Labute approximate surface area is 189 Å². The zero-order valence-electron chi connectivity index (χ0n) is 16.9. The third-order valence-corrected chi connectivity index (χ3v) is 6.05. The highest BCUT2D eigenvalue weighted by Crippen LogP contribution is 2.27. The third kappa shape index (κ3) is 5.06. The summed E-state index contributed by atoms with van der Waals surface area (Å²) in [5.74, 6) is 0.330. The minimum atomic E-state index is 0. The molecule has 1 aromatic heterocycles. The minimum absolute atomic E-state index is 0. The van der Waals surface area contributed by atoms with Gasteiger partial charge in [-0.1, -0.05) is 36.8 Å². The second kappa shape index (κ2) is 10.8. The van der Waals surface area contributed by atoms with Crippen molar-refractivity contribution in [2.24, 2.45) is 0 Å². The Morgan fingerprint density at radius 1 is 1.04 bits per heavy atom. The summed E-state index contributed by atoms with van der Waals surface area (Å²) >= 11 is 1.80. The summed E-state index contributed by atoms with van der Waals surface area (Å²) in [6, 6.07) is 14.5. The Morgan fingerprint density at radius 3 is 2.46 bits per heavy atom. The van der Waals surface area contributed by atoms with Crippen LogP contribution in [0.15, 0.2) is 42.5 Å². The fraction of sp³-hybridized carbons (Fsp3) is 0.348. The molecule has 0 bridgehead atoms. The number of aromatic nitrogens is 1. The predicted octanol–water partition coefficient (Wildman–Crippen LogP) is 2.72. The Hall–Kier alpha value is -1.60. The summed E-state index contributed by atoms with van der Waals surface area (Å²) in [7, 11) is 0. The van der Waals surface area contributed by atoms with Crippen LogP contribution in [0.3, 0.4) is 0 Å². The van der Waals surface area contributed by atoms with Crippen molar-refractivity contribution in [1.29, 1.82) is 0 Å². The number of aryl methyl sites for hydroxylation is 1. The molecule has 0 aliphatic carbocycles. The summed E-state index contributed by atoms with van der Waals surface area (Å²) < 4.78 is 3.69. The normalized spacial score (nSPS) is 11.1. The van der Waals surface area contributed by atoms with Gasteiger partial charge in [0.15, 0.2) is 6.54 Å². The molecule has 150 valence electrons. The molecule has 0 unspecified atom stereocenters. The number of hydrogen-bond acceptors (Lipinski definition) is 3. The van der Waals surface area contributed by atoms with Gasteiger partial charge in [-0.05, 0) is 38.1 Å². The molecular formula is C23H29IN2OS. The topological polar surface area (TPSA) is 27.4 Å². The first-order chi connectivity index (χ1) is 13.2. The molecular weight excluding hydrogens is 479 g/mol. The van der Waals surface area contributed by atoms with E-state index in [1.54, 1.807) is 11.3 Å². The number of thiazole rings is 1. The van der Waals surface area contributed by atoms with Gasteiger partial charge >= 0.3 is 0 Å². The maximum atomic E-state index is 10.5. The van der Waals surface area contributed by atoms with Gasteiger partial charge in [-0.25, -0.2) is 0 Å². The lowest BCUT2D eigenvalue weighted by molar-refractivity contribution is -0.669. The molecule has 3 rings (SSSR count). The number of nitrogens with zero attached hydrogens (tertiary/aromatic N) is 2. The number of anilines is 1. The number of rotatable bonds is 8. The molecule has 0 atom stereocenters. The zero-order chi connectivity index (χ0) is 19.2. The van der Waals surface area contributed by atoms with Crippen molar-refractivity contribution >= 4 is 39.4 Å². The van der Waals surface area contributed by atoms with Crippen LogP contribution < -0.4 is 33.4 Å². The smallest absolute Gasteiger partial charge is 0.262 e. The van der Waals surface area contributed by atoms with Gasteiger partial charge < -0.3 is 34.0 Å². The minimum Gasteiger partial charge on any atom is -1.00 e. The largest absolute Gasteiger partial charge is 1.00 e. The van der Waals surface area contributed by atoms with Crippen LogP contribution in [0.5, 0.6) is 5.75 Å². The van der Waals surface area contributed by atoms with E-state index in [9.17, 15) is 5.11 Å². The van der Waals surface area contributed by atoms with E-state index in [-0.39, 0.29) is 24.0 Å². The van der Waals surface area contributed by atoms with E-state index in [2.05, 4.69) is 66.6 Å². The van der Waals surface area contributed by atoms with Crippen LogP contribution in [0.4, 0.5) is 5.69 Å². The van der Waals surface area contributed by atoms with Gasteiger partial charge in [0.25, 0.3) is 5.01 Å². The van der Waals surface area contributed by atoms with Crippen molar-refractivity contribution in [2.45, 2.75) is 40.2 Å². The highest BCUT2D eigenvalue weighted by molar-refractivity contribution is 7.18. The van der Waals surface area contributed by atoms with Crippen molar-refractivity contribution in [2.75, 3.05) is 18.0 Å². The monoisotopic (exact) mass is 508 g/mol. The van der Waals surface area contributed by atoms with Crippen molar-refractivity contribution in [1.82, 2.24) is 0 Å². The van der Waals surface area contributed by atoms with Gasteiger partial charge in [0.05, 0.1) is 0 Å². The highest BCUT2D eigenvalue weighted by atomic mass is 127. The van der Waals surface area contributed by atoms with E-state index in [4.69, 9.17) is 0 Å². The quantitative estimate of drug-likeness (QED) is 0.375. The summed E-state index contributed by atoms with van der Waals surface area (Å²) in [6.45, 7) is 9.37. The number of benzene rings is 2. The lowest BCUT2D eigenvalue weighted by Gasteiger charge is -2.21. The van der Waals surface area contributed by atoms with Gasteiger partial charge in [0, 0.05) is 49.0 Å². The lowest BCUT2D eigenvalue weighted by Crippen LogP contribution is -3.00. The second-order valence-electron chi connectivity index (χ2n) is 6.66. The fourth-order valence-electron chi connectivity index (χ4n) is 3.34. The fourth-order valence-corrected chi connectivity index (χ4v) is 4.43. The predicted molar refractivity (Wildman–Crippen MR) is 118 cm³/mol. The van der Waals surface area contributed by atoms with Crippen molar-refractivity contribution in [3.63, 3.8) is 0 Å². The van der Waals surface area contributed by atoms with Gasteiger partial charge in [-0.15, -0.1) is 0 Å². The van der Waals surface area contributed by atoms with E-state index in [0.717, 1.165) is 37.3 Å². The molecule has 0 aliphatic rings. The summed E-state index contributed by atoms with van der Waals surface area (Å²) in [5, 5.41) is 11.7. The van der Waals surface area contributed by atoms with Gasteiger partial charge in [-0.2, -0.15) is 4.57 Å². The third-order valence-electron chi connectivity index (χ3n) is 4.92. The van der Waals surface area contributed by atoms with Crippen LogP contribution in [0.2, 0.25) is 0 Å². The van der Waals surface area contributed by atoms with Crippen LogP contribution in [0.1, 0.15) is 44.2 Å². The first-order valence-electron chi connectivity index (χ1n) is 9.85. The van der Waals surface area contributed by atoms with E-state index in [1.807, 2.05) is 18.2 Å². The standard InChI is InChI=1S/C23H28N2OS.HI/c1-4-7-16-25-20-10-8-9-11-22(20)27-23(25)15-13-18-12-14-19(17-21(18)26)24(5-2)6-3;/h8-15,17H,4-7,16H2,1-3H3;1H. The molecule has 5 heteroatoms. The molecule has 0 saturated carbocycles. The van der Waals surface area contributed by atoms with Gasteiger partial charge in [0.2, 0.25) is 5.52 Å². The first-order valence-corrected chi connectivity index (χ1v) is 10.7. The van der Waals surface area contributed by atoms with Crippen LogP contribution >= 0.6 is 11.3 Å². The van der Waals surface area contributed by atoms with Crippen LogP contribution in [-0.4, -0.2) is 18.2 Å². The number of aromatic hydroxyl groups is 1. The van der Waals surface area contributed by atoms with Crippen LogP contribution in [-0.2, 0) is 6.54 Å². The maximum Gasteiger partial charge on any atom is 0.262 e. The molecule has 1 N–H and O–H groups in total. The Bertz CT molecular complexity index is 931. The summed E-state index contributed by atoms with van der Waals surface area (Å²) in [6.07, 6.45) is 6.49. The van der Waals surface area contributed by atoms with E-state index < -0.39 is 0 Å². The number of phenols is 1. The van der Waals surface area contributed by atoms with Crippen LogP contribution in [0, 0.1) is 0 Å². The number of halogens is 1. The second-order valence-corrected chi connectivity index (χ2v) is 7.72. The first kappa shape index (κ1) is 22.7. The number of fused-ring (bicyclic) bond motifs is 1. The SMILES string of the molecule is CCCC[n+]1c(C=Cc2ccc(N(CC)CC)cc2O)sc2ccccc21.[I-]. The highest BCUT2D eigenvalue weighted by Gasteiger charge is 2.17. The number of para-hydroxylation sites is 1. The Balaban J connectivity index is 0.00000280. The Morgan fingerprint density at radius 2 is 1.79 bits per heavy atom. The van der Waals surface area contributed by atoms with E-state index >= 15 is 0 Å². The van der Waals surface area contributed by atoms with E-state index in [0.29, 0.717) is 5.75 Å². The summed E-state index contributed by atoms with van der Waals surface area (Å²) in [4.78, 5) is 2.23. The van der Waals surface area contributed by atoms with Crippen LogP contribution in [0.25, 0.3) is 22.4 Å². The molecule has 0 fully saturated rings. The molecule has 0 amide bonds. The van der Waals surface area contributed by atoms with Crippen molar-refractivity contribution < 1.29 is 33.7 Å². The average molecular weight is 508 g/mol. The Kier molecular flexibility index (Phi) is 8.76. The van der Waals surface area contributed by atoms with Crippen molar-refractivity contribution in [3.8, 4) is 5.75 Å². The van der Waals surface area contributed by atoms with Crippen molar-refractivity contribution in [3.05, 3.63) is 53.0 Å². The van der Waals surface area contributed by atoms with Gasteiger partial charge in [0.1, 0.15) is 10.4 Å². The molecule has 2 aromatic carbocycles. The van der Waals surface area contributed by atoms with Gasteiger partial charge in [-0.3, -0.25) is 0 Å². The molecule has 0 spiro atoms. The molecule has 3 aromatic rings. The molecule has 0 radical (unpaired) electrons. The lowest BCUT2D eigenvalue weighted by atomic mass is 10.1. The zero-order valence-corrected chi connectivity index (χ0v) is 19.8.